The highest BCUT2D eigenvalue weighted by atomic mass is 16.6. The van der Waals surface area contributed by atoms with Gasteiger partial charge in [-0.15, -0.1) is 0 Å². The monoisotopic (exact) mass is 369 g/mol. The molecule has 1 aliphatic heterocycles. The fourth-order valence-electron chi connectivity index (χ4n) is 3.04. The molecule has 1 amide bonds. The molecule has 1 aliphatic rings. The number of carbonyl (C=O) groups is 1. The van der Waals surface area contributed by atoms with Crippen LogP contribution in [0.3, 0.4) is 0 Å². The van der Waals surface area contributed by atoms with E-state index < -0.39 is 4.92 Å². The van der Waals surface area contributed by atoms with Crippen molar-refractivity contribution in [3.05, 3.63) is 63.7 Å². The minimum atomic E-state index is -0.419. The molecule has 0 unspecified atom stereocenters. The first-order chi connectivity index (χ1) is 13.0. The molecule has 7 nitrogen and oxygen atoms in total. The molecule has 2 aromatic rings. The number of nitro groups is 1. The maximum absolute atomic E-state index is 12.5. The van der Waals surface area contributed by atoms with Crippen LogP contribution < -0.4 is 10.2 Å². The second kappa shape index (κ2) is 8.18. The average molecular weight is 369 g/mol. The van der Waals surface area contributed by atoms with E-state index in [1.165, 1.54) is 6.07 Å². The average Bonchev–Trinajstić information content (AvgIpc) is 2.68. The van der Waals surface area contributed by atoms with Crippen molar-refractivity contribution in [3.8, 4) is 0 Å². The number of amides is 1. The van der Waals surface area contributed by atoms with Gasteiger partial charge in [0, 0.05) is 30.4 Å². The molecule has 27 heavy (non-hydrogen) atoms. The number of hydrogen-bond donors (Lipinski definition) is 1. The Morgan fingerprint density at radius 3 is 2.41 bits per heavy atom. The lowest BCUT2D eigenvalue weighted by Gasteiger charge is -2.28. The lowest BCUT2D eigenvalue weighted by Crippen LogP contribution is -2.36. The summed E-state index contributed by atoms with van der Waals surface area (Å²) in [5.41, 5.74) is 2.58. The van der Waals surface area contributed by atoms with Gasteiger partial charge in [0.15, 0.2) is 0 Å². The van der Waals surface area contributed by atoms with E-state index in [9.17, 15) is 14.9 Å². The van der Waals surface area contributed by atoms with Gasteiger partial charge in [0.05, 0.1) is 18.1 Å². The van der Waals surface area contributed by atoms with Gasteiger partial charge in [-0.25, -0.2) is 0 Å². The zero-order valence-corrected chi connectivity index (χ0v) is 15.5. The third-order valence-corrected chi connectivity index (χ3v) is 4.62. The Morgan fingerprint density at radius 2 is 1.81 bits per heavy atom. The molecule has 1 N–H and O–H groups in total. The number of hydrogen-bond acceptors (Lipinski definition) is 5. The van der Waals surface area contributed by atoms with Gasteiger partial charge < -0.3 is 15.0 Å². The van der Waals surface area contributed by atoms with E-state index in [1.807, 2.05) is 17.0 Å². The summed E-state index contributed by atoms with van der Waals surface area (Å²) in [5.74, 6) is 0.0937. The Labute approximate surface area is 158 Å². The molecule has 0 bridgehead atoms. The zero-order valence-electron chi connectivity index (χ0n) is 15.5. The summed E-state index contributed by atoms with van der Waals surface area (Å²) >= 11 is 0. The summed E-state index contributed by atoms with van der Waals surface area (Å²) < 4.78 is 5.30. The van der Waals surface area contributed by atoms with E-state index in [0.717, 1.165) is 5.56 Å². The number of nitrogens with zero attached hydrogens (tertiary/aromatic N) is 2. The Bertz CT molecular complexity index is 828. The molecular formula is C20H23N3O4. The molecule has 1 saturated heterocycles. The van der Waals surface area contributed by atoms with Gasteiger partial charge in [-0.2, -0.15) is 0 Å². The molecule has 0 atom stereocenters. The van der Waals surface area contributed by atoms with Crippen LogP contribution in [0.5, 0.6) is 0 Å². The number of rotatable bonds is 5. The van der Waals surface area contributed by atoms with Crippen LogP contribution in [0.15, 0.2) is 42.5 Å². The number of nitrogens with one attached hydrogen (secondary N) is 1. The first-order valence-electron chi connectivity index (χ1n) is 8.98. The molecule has 0 aliphatic carbocycles. The van der Waals surface area contributed by atoms with Crippen molar-refractivity contribution >= 4 is 23.0 Å². The largest absolute Gasteiger partial charge is 0.378 e. The molecule has 3 rings (SSSR count). The van der Waals surface area contributed by atoms with Crippen LogP contribution in [0.25, 0.3) is 0 Å². The maximum Gasteiger partial charge on any atom is 0.294 e. The van der Waals surface area contributed by atoms with Crippen LogP contribution in [-0.2, 0) is 4.74 Å². The summed E-state index contributed by atoms with van der Waals surface area (Å²) in [5, 5.41) is 14.3. The summed E-state index contributed by atoms with van der Waals surface area (Å²) in [4.78, 5) is 25.5. The third-order valence-electron chi connectivity index (χ3n) is 4.62. The summed E-state index contributed by atoms with van der Waals surface area (Å²) in [7, 11) is 0. The van der Waals surface area contributed by atoms with Crippen molar-refractivity contribution in [2.75, 3.05) is 36.5 Å². The highest BCUT2D eigenvalue weighted by Crippen LogP contribution is 2.32. The van der Waals surface area contributed by atoms with Crippen molar-refractivity contribution in [2.45, 2.75) is 19.8 Å². The zero-order chi connectivity index (χ0) is 19.4. The fourth-order valence-corrected chi connectivity index (χ4v) is 3.04. The van der Waals surface area contributed by atoms with Crippen molar-refractivity contribution in [1.82, 2.24) is 0 Å². The van der Waals surface area contributed by atoms with E-state index in [0.29, 0.717) is 49.2 Å². The molecule has 2 aromatic carbocycles. The van der Waals surface area contributed by atoms with Crippen molar-refractivity contribution in [3.63, 3.8) is 0 Å². The number of anilines is 2. The molecule has 7 heteroatoms. The molecule has 0 spiro atoms. The topological polar surface area (TPSA) is 84.7 Å². The van der Waals surface area contributed by atoms with Crippen molar-refractivity contribution in [2.24, 2.45) is 0 Å². The second-order valence-corrected chi connectivity index (χ2v) is 6.79. The molecule has 1 heterocycles. The fraction of sp³-hybridized carbons (Fsp3) is 0.350. The highest BCUT2D eigenvalue weighted by molar-refractivity contribution is 6.04. The first-order valence-corrected chi connectivity index (χ1v) is 8.98. The number of carbonyl (C=O) groups excluding carboxylic acids is 1. The lowest BCUT2D eigenvalue weighted by atomic mass is 10.0. The van der Waals surface area contributed by atoms with Crippen LogP contribution in [0.1, 0.15) is 35.7 Å². The van der Waals surface area contributed by atoms with Gasteiger partial charge in [-0.1, -0.05) is 26.0 Å². The molecular weight excluding hydrogens is 346 g/mol. The van der Waals surface area contributed by atoms with E-state index in [2.05, 4.69) is 19.2 Å². The van der Waals surface area contributed by atoms with Gasteiger partial charge in [-0.3, -0.25) is 14.9 Å². The van der Waals surface area contributed by atoms with E-state index in [1.54, 1.807) is 24.3 Å². The van der Waals surface area contributed by atoms with Gasteiger partial charge in [0.1, 0.15) is 5.69 Å². The quantitative estimate of drug-likeness (QED) is 0.640. The predicted molar refractivity (Wildman–Crippen MR) is 105 cm³/mol. The second-order valence-electron chi connectivity index (χ2n) is 6.79. The molecule has 0 radical (unpaired) electrons. The number of morpholine rings is 1. The normalized spacial score (nSPS) is 14.3. The standard InChI is InChI=1S/C20H23N3O4/c1-14(2)15-3-5-16(6-4-15)20(24)21-17-7-8-18(19(13-17)23(25)26)22-9-11-27-12-10-22/h3-8,13-14H,9-12H2,1-2H3,(H,21,24). The van der Waals surface area contributed by atoms with Gasteiger partial charge in [0.25, 0.3) is 11.6 Å². The van der Waals surface area contributed by atoms with Crippen LogP contribution in [0.4, 0.5) is 17.1 Å². The van der Waals surface area contributed by atoms with E-state index >= 15 is 0 Å². The Kier molecular flexibility index (Phi) is 5.71. The van der Waals surface area contributed by atoms with Gasteiger partial charge in [-0.05, 0) is 35.7 Å². The highest BCUT2D eigenvalue weighted by Gasteiger charge is 2.22. The molecule has 0 saturated carbocycles. The Balaban J connectivity index is 1.79. The summed E-state index contributed by atoms with van der Waals surface area (Å²) in [6, 6.07) is 12.2. The Morgan fingerprint density at radius 1 is 1.15 bits per heavy atom. The summed E-state index contributed by atoms with van der Waals surface area (Å²) in [6.45, 7) is 6.47. The molecule has 142 valence electrons. The van der Waals surface area contributed by atoms with E-state index in [-0.39, 0.29) is 11.6 Å². The number of benzene rings is 2. The van der Waals surface area contributed by atoms with Crippen LogP contribution in [0.2, 0.25) is 0 Å². The Hall–Kier alpha value is -2.93. The minimum Gasteiger partial charge on any atom is -0.378 e. The number of ether oxygens (including phenoxy) is 1. The van der Waals surface area contributed by atoms with E-state index in [4.69, 9.17) is 4.74 Å². The molecule has 0 aromatic heterocycles. The SMILES string of the molecule is CC(C)c1ccc(C(=O)Nc2ccc(N3CCOCC3)c([N+](=O)[O-])c2)cc1. The smallest absolute Gasteiger partial charge is 0.294 e. The maximum atomic E-state index is 12.5. The van der Waals surface area contributed by atoms with Crippen molar-refractivity contribution < 1.29 is 14.5 Å². The van der Waals surface area contributed by atoms with Crippen LogP contribution in [0, 0.1) is 10.1 Å². The van der Waals surface area contributed by atoms with Crippen LogP contribution in [-0.4, -0.2) is 37.1 Å². The predicted octanol–water partition coefficient (Wildman–Crippen LogP) is 3.81. The van der Waals surface area contributed by atoms with Gasteiger partial charge >= 0.3 is 0 Å². The first kappa shape index (κ1) is 18.8. The van der Waals surface area contributed by atoms with Gasteiger partial charge in [0.2, 0.25) is 0 Å². The lowest BCUT2D eigenvalue weighted by molar-refractivity contribution is -0.384. The third kappa shape index (κ3) is 4.43. The summed E-state index contributed by atoms with van der Waals surface area (Å²) in [6.07, 6.45) is 0. The number of nitro benzene ring substituents is 1. The van der Waals surface area contributed by atoms with Crippen LogP contribution >= 0.6 is 0 Å². The minimum absolute atomic E-state index is 0.0233. The van der Waals surface area contributed by atoms with Crippen molar-refractivity contribution in [1.29, 1.82) is 0 Å². The molecule has 1 fully saturated rings.